The van der Waals surface area contributed by atoms with E-state index in [0.29, 0.717) is 23.3 Å². The van der Waals surface area contributed by atoms with Crippen LogP contribution in [0, 0.1) is 6.92 Å². The predicted molar refractivity (Wildman–Crippen MR) is 70.9 cm³/mol. The maximum atomic E-state index is 10.8. The number of ether oxygens (including phenoxy) is 1. The van der Waals surface area contributed by atoms with E-state index in [9.17, 15) is 4.79 Å². The lowest BCUT2D eigenvalue weighted by Crippen LogP contribution is -2.02. The van der Waals surface area contributed by atoms with E-state index in [-0.39, 0.29) is 5.56 Å². The fourth-order valence-electron chi connectivity index (χ4n) is 1.41. The van der Waals surface area contributed by atoms with Crippen molar-refractivity contribution in [1.82, 2.24) is 4.98 Å². The van der Waals surface area contributed by atoms with Crippen molar-refractivity contribution in [2.24, 2.45) is 0 Å². The summed E-state index contributed by atoms with van der Waals surface area (Å²) in [6.45, 7) is 2.32. The van der Waals surface area contributed by atoms with Crippen LogP contribution in [-0.4, -0.2) is 28.4 Å². The quantitative estimate of drug-likeness (QED) is 0.647. The molecule has 100 valence electrons. The van der Waals surface area contributed by atoms with Gasteiger partial charge in [0.2, 0.25) is 0 Å². The summed E-state index contributed by atoms with van der Waals surface area (Å²) < 4.78 is 10.7. The Kier molecular flexibility index (Phi) is 4.46. The summed E-state index contributed by atoms with van der Waals surface area (Å²) in [4.78, 5) is 14.9. The van der Waals surface area contributed by atoms with E-state index in [1.807, 2.05) is 6.92 Å². The van der Waals surface area contributed by atoms with Crippen LogP contribution >= 0.6 is 11.8 Å². The molecule has 0 atom stereocenters. The molecule has 0 radical (unpaired) electrons. The second kappa shape index (κ2) is 6.29. The SMILES string of the molecule is Cc1coc(SCCOc2cccc(C(=O)O)c2)n1. The van der Waals surface area contributed by atoms with Crippen LogP contribution in [0.2, 0.25) is 0 Å². The second-order valence-electron chi connectivity index (χ2n) is 3.78. The zero-order valence-electron chi connectivity index (χ0n) is 10.3. The normalized spacial score (nSPS) is 10.4. The number of hydrogen-bond acceptors (Lipinski definition) is 5. The third kappa shape index (κ3) is 4.03. The number of aryl methyl sites for hydroxylation is 1. The lowest BCUT2D eigenvalue weighted by atomic mass is 10.2. The Hall–Kier alpha value is -1.95. The molecule has 1 aromatic carbocycles. The van der Waals surface area contributed by atoms with Crippen molar-refractivity contribution in [2.45, 2.75) is 12.1 Å². The lowest BCUT2D eigenvalue weighted by molar-refractivity contribution is 0.0696. The van der Waals surface area contributed by atoms with Gasteiger partial charge in [0.05, 0.1) is 17.9 Å². The largest absolute Gasteiger partial charge is 0.493 e. The minimum atomic E-state index is -0.963. The third-order valence-corrected chi connectivity index (χ3v) is 3.06. The molecule has 0 bridgehead atoms. The molecule has 5 nitrogen and oxygen atoms in total. The Morgan fingerprint density at radius 3 is 3.05 bits per heavy atom. The predicted octanol–water partition coefficient (Wildman–Crippen LogP) is 2.85. The number of carboxylic acid groups (broad SMARTS) is 1. The van der Waals surface area contributed by atoms with Crippen LogP contribution < -0.4 is 4.74 Å². The fourth-order valence-corrected chi connectivity index (χ4v) is 2.07. The summed E-state index contributed by atoms with van der Waals surface area (Å²) in [5.74, 6) is 0.260. The van der Waals surface area contributed by atoms with Gasteiger partial charge in [-0.25, -0.2) is 9.78 Å². The number of carbonyl (C=O) groups is 1. The molecule has 0 aliphatic rings. The number of carboxylic acids is 1. The number of thioether (sulfide) groups is 1. The fraction of sp³-hybridized carbons (Fsp3) is 0.231. The summed E-state index contributed by atoms with van der Waals surface area (Å²) in [6, 6.07) is 6.41. The van der Waals surface area contributed by atoms with Crippen molar-refractivity contribution < 1.29 is 19.1 Å². The molecule has 0 saturated heterocycles. The molecule has 1 heterocycles. The number of aromatic carboxylic acids is 1. The van der Waals surface area contributed by atoms with Crippen molar-refractivity contribution in [3.63, 3.8) is 0 Å². The summed E-state index contributed by atoms with van der Waals surface area (Å²) >= 11 is 1.45. The second-order valence-corrected chi connectivity index (χ2v) is 4.83. The summed E-state index contributed by atoms with van der Waals surface area (Å²) in [6.07, 6.45) is 1.60. The minimum absolute atomic E-state index is 0.216. The molecule has 0 unspecified atom stereocenters. The highest BCUT2D eigenvalue weighted by atomic mass is 32.2. The Balaban J connectivity index is 1.79. The Morgan fingerprint density at radius 2 is 2.37 bits per heavy atom. The molecule has 0 aliphatic carbocycles. The summed E-state index contributed by atoms with van der Waals surface area (Å²) in [7, 11) is 0. The number of aromatic nitrogens is 1. The number of nitrogens with zero attached hydrogens (tertiary/aromatic N) is 1. The molecule has 2 rings (SSSR count). The highest BCUT2D eigenvalue weighted by Gasteiger charge is 2.04. The Bertz CT molecular complexity index is 567. The van der Waals surface area contributed by atoms with Gasteiger partial charge in [0.25, 0.3) is 5.22 Å². The first-order valence-electron chi connectivity index (χ1n) is 5.66. The lowest BCUT2D eigenvalue weighted by Gasteiger charge is -2.05. The van der Waals surface area contributed by atoms with Crippen LogP contribution in [0.25, 0.3) is 0 Å². The Morgan fingerprint density at radius 1 is 1.53 bits per heavy atom. The molecule has 6 heteroatoms. The van der Waals surface area contributed by atoms with Gasteiger partial charge in [-0.1, -0.05) is 17.8 Å². The molecule has 19 heavy (non-hydrogen) atoms. The van der Waals surface area contributed by atoms with Crippen molar-refractivity contribution in [1.29, 1.82) is 0 Å². The number of oxazole rings is 1. The Labute approximate surface area is 114 Å². The van der Waals surface area contributed by atoms with Gasteiger partial charge in [-0.15, -0.1) is 0 Å². The number of rotatable bonds is 6. The average molecular weight is 279 g/mol. The minimum Gasteiger partial charge on any atom is -0.493 e. The molecule has 2 aromatic rings. The van der Waals surface area contributed by atoms with Gasteiger partial charge in [-0.3, -0.25) is 0 Å². The van der Waals surface area contributed by atoms with Gasteiger partial charge in [0.1, 0.15) is 12.0 Å². The zero-order chi connectivity index (χ0) is 13.7. The van der Waals surface area contributed by atoms with E-state index >= 15 is 0 Å². The maximum Gasteiger partial charge on any atom is 0.335 e. The van der Waals surface area contributed by atoms with Crippen molar-refractivity contribution in [2.75, 3.05) is 12.4 Å². The van der Waals surface area contributed by atoms with E-state index in [1.165, 1.54) is 23.9 Å². The van der Waals surface area contributed by atoms with Crippen LogP contribution in [0.1, 0.15) is 16.1 Å². The first-order valence-corrected chi connectivity index (χ1v) is 6.65. The molecule has 0 saturated carbocycles. The highest BCUT2D eigenvalue weighted by Crippen LogP contribution is 2.18. The van der Waals surface area contributed by atoms with Gasteiger partial charge in [0.15, 0.2) is 0 Å². The monoisotopic (exact) mass is 279 g/mol. The average Bonchev–Trinajstić information content (AvgIpc) is 2.81. The molecule has 0 amide bonds. The molecule has 1 N–H and O–H groups in total. The first-order chi connectivity index (χ1) is 9.15. The zero-order valence-corrected chi connectivity index (χ0v) is 11.1. The number of hydrogen-bond donors (Lipinski definition) is 1. The van der Waals surface area contributed by atoms with Crippen molar-refractivity contribution in [3.05, 3.63) is 41.8 Å². The standard InChI is InChI=1S/C13H13NO4S/c1-9-8-18-13(14-9)19-6-5-17-11-4-2-3-10(7-11)12(15)16/h2-4,7-8H,5-6H2,1H3,(H,15,16). The van der Waals surface area contributed by atoms with E-state index in [4.69, 9.17) is 14.3 Å². The van der Waals surface area contributed by atoms with E-state index in [0.717, 1.165) is 5.69 Å². The van der Waals surface area contributed by atoms with Crippen LogP contribution in [0.3, 0.4) is 0 Å². The van der Waals surface area contributed by atoms with Gasteiger partial charge in [-0.05, 0) is 25.1 Å². The summed E-state index contributed by atoms with van der Waals surface area (Å²) in [5, 5.41) is 9.46. The van der Waals surface area contributed by atoms with Crippen LogP contribution in [-0.2, 0) is 0 Å². The molecular formula is C13H13NO4S. The van der Waals surface area contributed by atoms with E-state index in [2.05, 4.69) is 4.98 Å². The molecule has 0 aliphatic heterocycles. The van der Waals surface area contributed by atoms with Gasteiger partial charge in [0, 0.05) is 5.75 Å². The van der Waals surface area contributed by atoms with Gasteiger partial charge in [-0.2, -0.15) is 0 Å². The topological polar surface area (TPSA) is 72.6 Å². The van der Waals surface area contributed by atoms with Gasteiger partial charge >= 0.3 is 5.97 Å². The highest BCUT2D eigenvalue weighted by molar-refractivity contribution is 7.99. The first kappa shape index (κ1) is 13.5. The van der Waals surface area contributed by atoms with Crippen molar-refractivity contribution >= 4 is 17.7 Å². The third-order valence-electron chi connectivity index (χ3n) is 2.26. The summed E-state index contributed by atoms with van der Waals surface area (Å²) in [5.41, 5.74) is 1.06. The van der Waals surface area contributed by atoms with Crippen LogP contribution in [0.4, 0.5) is 0 Å². The van der Waals surface area contributed by atoms with Crippen LogP contribution in [0.5, 0.6) is 5.75 Å². The van der Waals surface area contributed by atoms with Crippen molar-refractivity contribution in [3.8, 4) is 5.75 Å². The molecule has 1 aromatic heterocycles. The van der Waals surface area contributed by atoms with Gasteiger partial charge < -0.3 is 14.3 Å². The molecule has 0 fully saturated rings. The smallest absolute Gasteiger partial charge is 0.335 e. The number of benzene rings is 1. The molecule has 0 spiro atoms. The van der Waals surface area contributed by atoms with Crippen LogP contribution in [0.15, 0.2) is 40.2 Å². The van der Waals surface area contributed by atoms with E-state index < -0.39 is 5.97 Å². The van der Waals surface area contributed by atoms with E-state index in [1.54, 1.807) is 18.4 Å². The molecular weight excluding hydrogens is 266 g/mol. The maximum absolute atomic E-state index is 10.8.